The third-order valence-corrected chi connectivity index (χ3v) is 4.00. The molecule has 0 bridgehead atoms. The van der Waals surface area contributed by atoms with Gasteiger partial charge in [-0.15, -0.1) is 5.10 Å². The number of halogens is 1. The molecule has 1 aromatic heterocycles. The molecule has 3 aromatic rings. The van der Waals surface area contributed by atoms with Crippen LogP contribution in [0.15, 0.2) is 60.8 Å². The molecule has 25 heavy (non-hydrogen) atoms. The number of aromatic nitrogens is 3. The second kappa shape index (κ2) is 8.44. The van der Waals surface area contributed by atoms with Crippen LogP contribution in [0.25, 0.3) is 0 Å². The molecule has 3 rings (SSSR count). The van der Waals surface area contributed by atoms with Crippen molar-refractivity contribution < 1.29 is 0 Å². The lowest BCUT2D eigenvalue weighted by atomic mass is 10.1. The molecule has 0 amide bonds. The van der Waals surface area contributed by atoms with E-state index in [1.807, 2.05) is 48.3 Å². The number of hydrogen-bond acceptors (Lipinski definition) is 5. The predicted molar refractivity (Wildman–Crippen MR) is 102 cm³/mol. The van der Waals surface area contributed by atoms with Gasteiger partial charge in [-0.2, -0.15) is 10.1 Å². The maximum Gasteiger partial charge on any atom is 0.247 e. The van der Waals surface area contributed by atoms with Gasteiger partial charge in [-0.1, -0.05) is 54.1 Å². The Kier molecular flexibility index (Phi) is 5.80. The normalized spacial score (nSPS) is 10.5. The van der Waals surface area contributed by atoms with Crippen LogP contribution in [0.5, 0.6) is 0 Å². The minimum absolute atomic E-state index is 0.594. The fraction of sp³-hybridized carbons (Fsp3) is 0.211. The molecule has 6 heteroatoms. The van der Waals surface area contributed by atoms with E-state index < -0.39 is 0 Å². The van der Waals surface area contributed by atoms with Crippen LogP contribution in [0, 0.1) is 0 Å². The monoisotopic (exact) mass is 353 g/mol. The molecule has 0 radical (unpaired) electrons. The molecule has 0 aliphatic carbocycles. The average Bonchev–Trinajstić information content (AvgIpc) is 2.63. The summed E-state index contributed by atoms with van der Waals surface area (Å²) in [6.07, 6.45) is 2.50. The van der Waals surface area contributed by atoms with Crippen molar-refractivity contribution in [3.8, 4) is 0 Å². The molecule has 0 spiro atoms. The lowest BCUT2D eigenvalue weighted by molar-refractivity contribution is 0.827. The van der Waals surface area contributed by atoms with E-state index in [4.69, 9.17) is 11.6 Å². The Bertz CT molecular complexity index is 810. The third-order valence-electron chi connectivity index (χ3n) is 3.76. The standard InChI is InChI=1S/C19H20ClN5/c1-25(14-16-6-3-2-4-7-16)19-23-18(13-22-24-19)21-11-10-15-8-5-9-17(20)12-15/h2-9,12-13H,10-11,14H2,1H3,(H,21,23,24). The van der Waals surface area contributed by atoms with Crippen LogP contribution in [-0.4, -0.2) is 28.8 Å². The van der Waals surface area contributed by atoms with Crippen LogP contribution >= 0.6 is 11.6 Å². The number of nitrogens with one attached hydrogen (secondary N) is 1. The van der Waals surface area contributed by atoms with Crippen LogP contribution in [0.2, 0.25) is 5.02 Å². The summed E-state index contributed by atoms with van der Waals surface area (Å²) < 4.78 is 0. The molecule has 0 fully saturated rings. The number of benzene rings is 2. The Morgan fingerprint density at radius 2 is 1.84 bits per heavy atom. The first-order valence-corrected chi connectivity index (χ1v) is 8.51. The molecule has 128 valence electrons. The number of anilines is 2. The summed E-state index contributed by atoms with van der Waals surface area (Å²) >= 11 is 6.01. The second-order valence-corrected chi connectivity index (χ2v) is 6.23. The zero-order valence-corrected chi connectivity index (χ0v) is 14.8. The van der Waals surface area contributed by atoms with Crippen LogP contribution in [0.3, 0.4) is 0 Å². The smallest absolute Gasteiger partial charge is 0.247 e. The van der Waals surface area contributed by atoms with E-state index in [1.165, 1.54) is 11.1 Å². The Labute approximate surface area is 152 Å². The summed E-state index contributed by atoms with van der Waals surface area (Å²) in [4.78, 5) is 6.51. The largest absolute Gasteiger partial charge is 0.368 e. The summed E-state index contributed by atoms with van der Waals surface area (Å²) in [6, 6.07) is 18.1. The molecular weight excluding hydrogens is 334 g/mol. The van der Waals surface area contributed by atoms with Crippen molar-refractivity contribution in [3.63, 3.8) is 0 Å². The summed E-state index contributed by atoms with van der Waals surface area (Å²) in [7, 11) is 1.96. The molecule has 0 saturated heterocycles. The molecule has 5 nitrogen and oxygen atoms in total. The lowest BCUT2D eigenvalue weighted by Gasteiger charge is -2.17. The first kappa shape index (κ1) is 17.2. The van der Waals surface area contributed by atoms with Gasteiger partial charge in [-0.25, -0.2) is 0 Å². The Hall–Kier alpha value is -2.66. The minimum Gasteiger partial charge on any atom is -0.368 e. The highest BCUT2D eigenvalue weighted by Crippen LogP contribution is 2.13. The lowest BCUT2D eigenvalue weighted by Crippen LogP contribution is -2.20. The molecule has 1 N–H and O–H groups in total. The van der Waals surface area contributed by atoms with E-state index in [-0.39, 0.29) is 0 Å². The zero-order chi connectivity index (χ0) is 17.5. The Balaban J connectivity index is 1.57. The second-order valence-electron chi connectivity index (χ2n) is 5.79. The van der Waals surface area contributed by atoms with Crippen molar-refractivity contribution in [1.82, 2.24) is 15.2 Å². The van der Waals surface area contributed by atoms with Gasteiger partial charge >= 0.3 is 0 Å². The quantitative estimate of drug-likeness (QED) is 0.699. The van der Waals surface area contributed by atoms with E-state index in [1.54, 1.807) is 6.20 Å². The highest BCUT2D eigenvalue weighted by Gasteiger charge is 2.07. The zero-order valence-electron chi connectivity index (χ0n) is 14.1. The minimum atomic E-state index is 0.594. The molecule has 2 aromatic carbocycles. The van der Waals surface area contributed by atoms with Crippen molar-refractivity contribution in [3.05, 3.63) is 76.9 Å². The number of rotatable bonds is 7. The molecule has 0 saturated carbocycles. The fourth-order valence-corrected chi connectivity index (χ4v) is 2.71. The predicted octanol–water partition coefficient (Wildman–Crippen LogP) is 3.82. The number of nitrogens with zero attached hydrogens (tertiary/aromatic N) is 4. The van der Waals surface area contributed by atoms with Gasteiger partial charge in [0.05, 0.1) is 6.20 Å². The molecule has 1 heterocycles. The Morgan fingerprint density at radius 3 is 2.64 bits per heavy atom. The van der Waals surface area contributed by atoms with Gasteiger partial charge in [-0.3, -0.25) is 0 Å². The first-order chi connectivity index (χ1) is 12.2. The van der Waals surface area contributed by atoms with Crippen LogP contribution < -0.4 is 10.2 Å². The van der Waals surface area contributed by atoms with Crippen molar-refractivity contribution >= 4 is 23.4 Å². The van der Waals surface area contributed by atoms with E-state index in [2.05, 4.69) is 38.7 Å². The van der Waals surface area contributed by atoms with E-state index in [0.29, 0.717) is 11.8 Å². The van der Waals surface area contributed by atoms with Gasteiger partial charge in [0.1, 0.15) is 0 Å². The van der Waals surface area contributed by atoms with Gasteiger partial charge in [-0.05, 0) is 29.7 Å². The summed E-state index contributed by atoms with van der Waals surface area (Å²) in [6.45, 7) is 1.48. The van der Waals surface area contributed by atoms with Crippen molar-refractivity contribution in [2.24, 2.45) is 0 Å². The van der Waals surface area contributed by atoms with E-state index in [9.17, 15) is 0 Å². The van der Waals surface area contributed by atoms with Gasteiger partial charge in [0.15, 0.2) is 5.82 Å². The molecule has 0 unspecified atom stereocenters. The summed E-state index contributed by atoms with van der Waals surface area (Å²) in [5.74, 6) is 1.31. The first-order valence-electron chi connectivity index (χ1n) is 8.14. The highest BCUT2D eigenvalue weighted by atomic mass is 35.5. The van der Waals surface area contributed by atoms with Crippen molar-refractivity contribution in [2.45, 2.75) is 13.0 Å². The van der Waals surface area contributed by atoms with Crippen LogP contribution in [-0.2, 0) is 13.0 Å². The average molecular weight is 354 g/mol. The Morgan fingerprint density at radius 1 is 1.04 bits per heavy atom. The summed E-state index contributed by atoms with van der Waals surface area (Å²) in [5, 5.41) is 12.2. The van der Waals surface area contributed by atoms with E-state index in [0.717, 1.165) is 24.5 Å². The van der Waals surface area contributed by atoms with Crippen LogP contribution in [0.1, 0.15) is 11.1 Å². The topological polar surface area (TPSA) is 53.9 Å². The van der Waals surface area contributed by atoms with Crippen LogP contribution in [0.4, 0.5) is 11.8 Å². The molecule has 0 aliphatic rings. The number of hydrogen-bond donors (Lipinski definition) is 1. The SMILES string of the molecule is CN(Cc1ccccc1)c1nncc(NCCc2cccc(Cl)c2)n1. The fourth-order valence-electron chi connectivity index (χ4n) is 2.50. The van der Waals surface area contributed by atoms with Gasteiger partial charge in [0.2, 0.25) is 5.95 Å². The third kappa shape index (κ3) is 5.16. The van der Waals surface area contributed by atoms with E-state index >= 15 is 0 Å². The maximum absolute atomic E-state index is 6.01. The van der Waals surface area contributed by atoms with Crippen molar-refractivity contribution in [1.29, 1.82) is 0 Å². The van der Waals surface area contributed by atoms with Gasteiger partial charge < -0.3 is 10.2 Å². The summed E-state index contributed by atoms with van der Waals surface area (Å²) in [5.41, 5.74) is 2.39. The molecular formula is C19H20ClN5. The molecule has 0 aliphatic heterocycles. The van der Waals surface area contributed by atoms with Crippen molar-refractivity contribution in [2.75, 3.05) is 23.8 Å². The maximum atomic E-state index is 6.01. The van der Waals surface area contributed by atoms with Gasteiger partial charge in [0, 0.05) is 25.2 Å². The highest BCUT2D eigenvalue weighted by molar-refractivity contribution is 6.30. The van der Waals surface area contributed by atoms with Gasteiger partial charge in [0.25, 0.3) is 0 Å². The molecule has 0 atom stereocenters.